The van der Waals surface area contributed by atoms with Crippen LogP contribution in [0.3, 0.4) is 0 Å². The van der Waals surface area contributed by atoms with Crippen molar-refractivity contribution in [1.82, 2.24) is 15.5 Å². The van der Waals surface area contributed by atoms with Gasteiger partial charge in [-0.2, -0.15) is 0 Å². The van der Waals surface area contributed by atoms with Crippen LogP contribution in [-0.2, 0) is 9.59 Å². The number of rotatable bonds is 9. The number of methoxy groups -OCH3 is 2. The highest BCUT2D eigenvalue weighted by molar-refractivity contribution is 8.01. The molecule has 8 nitrogen and oxygen atoms in total. The number of anilines is 1. The lowest BCUT2D eigenvalue weighted by molar-refractivity contribution is -0.119. The van der Waals surface area contributed by atoms with Crippen LogP contribution in [0, 0.1) is 0 Å². The van der Waals surface area contributed by atoms with Gasteiger partial charge in [-0.15, -0.1) is 10.2 Å². The van der Waals surface area contributed by atoms with Gasteiger partial charge in [-0.05, 0) is 36.6 Å². The Labute approximate surface area is 189 Å². The van der Waals surface area contributed by atoms with Gasteiger partial charge in [0.25, 0.3) is 0 Å². The topological polar surface area (TPSA) is 102 Å². The molecule has 0 spiro atoms. The summed E-state index contributed by atoms with van der Waals surface area (Å²) in [5.74, 6) is 1.19. The molecular weight excluding hydrogens is 436 g/mol. The Balaban J connectivity index is 1.46. The van der Waals surface area contributed by atoms with Crippen molar-refractivity contribution in [1.29, 1.82) is 0 Å². The summed E-state index contributed by atoms with van der Waals surface area (Å²) < 4.78 is 11.1. The number of benzene rings is 1. The molecule has 0 saturated heterocycles. The van der Waals surface area contributed by atoms with Crippen molar-refractivity contribution in [2.24, 2.45) is 0 Å². The minimum absolute atomic E-state index is 0.00976. The van der Waals surface area contributed by atoms with E-state index in [0.717, 1.165) is 18.4 Å². The molecule has 1 aromatic heterocycles. The fourth-order valence-corrected chi connectivity index (χ4v) is 4.80. The molecule has 1 saturated carbocycles. The summed E-state index contributed by atoms with van der Waals surface area (Å²) >= 11 is 2.56. The molecule has 0 aliphatic heterocycles. The lowest BCUT2D eigenvalue weighted by Gasteiger charge is -2.22. The van der Waals surface area contributed by atoms with Crippen LogP contribution in [0.25, 0.3) is 6.08 Å². The first-order valence-electron chi connectivity index (χ1n) is 10.0. The van der Waals surface area contributed by atoms with E-state index in [1.54, 1.807) is 32.4 Å². The van der Waals surface area contributed by atoms with Crippen molar-refractivity contribution in [2.75, 3.05) is 25.3 Å². The minimum atomic E-state index is -0.322. The second-order valence-corrected chi connectivity index (χ2v) is 9.20. The van der Waals surface area contributed by atoms with Crippen molar-refractivity contribution in [3.63, 3.8) is 0 Å². The summed E-state index contributed by atoms with van der Waals surface area (Å²) in [6.45, 7) is 0. The molecule has 2 aromatic rings. The summed E-state index contributed by atoms with van der Waals surface area (Å²) in [7, 11) is 3.13. The number of nitrogens with zero attached hydrogens (tertiary/aromatic N) is 2. The Hall–Kier alpha value is -2.59. The molecule has 1 heterocycles. The fourth-order valence-electron chi connectivity index (χ4n) is 3.24. The lowest BCUT2D eigenvalue weighted by Crippen LogP contribution is -2.37. The smallest absolute Gasteiger partial charge is 0.250 e. The molecule has 2 amide bonds. The van der Waals surface area contributed by atoms with E-state index in [4.69, 9.17) is 9.47 Å². The zero-order valence-electron chi connectivity index (χ0n) is 17.6. The molecule has 10 heteroatoms. The molecule has 166 valence electrons. The maximum Gasteiger partial charge on any atom is 0.250 e. The standard InChI is InChI=1S/C21H26N4O4S2/c1-28-16-10-8-14(12-17(16)29-2)9-11-18(26)23-20-24-25-21(31-20)30-13-19(27)22-15-6-4-3-5-7-15/h8-12,15H,3-7,13H2,1-2H3,(H,22,27)(H,23,24,26)/b11-9+. The largest absolute Gasteiger partial charge is 0.493 e. The van der Waals surface area contributed by atoms with Crippen LogP contribution in [0.2, 0.25) is 0 Å². The average Bonchev–Trinajstić information content (AvgIpc) is 3.24. The maximum atomic E-state index is 12.2. The Morgan fingerprint density at radius 1 is 1.16 bits per heavy atom. The number of carbonyl (C=O) groups is 2. The van der Waals surface area contributed by atoms with E-state index in [2.05, 4.69) is 20.8 Å². The monoisotopic (exact) mass is 462 g/mol. The number of hydrogen-bond acceptors (Lipinski definition) is 8. The summed E-state index contributed by atoms with van der Waals surface area (Å²) in [6, 6.07) is 5.67. The van der Waals surface area contributed by atoms with Gasteiger partial charge in [-0.1, -0.05) is 48.4 Å². The maximum absolute atomic E-state index is 12.2. The Morgan fingerprint density at radius 2 is 1.94 bits per heavy atom. The van der Waals surface area contributed by atoms with E-state index in [0.29, 0.717) is 27.0 Å². The van der Waals surface area contributed by atoms with Gasteiger partial charge < -0.3 is 14.8 Å². The number of nitrogens with one attached hydrogen (secondary N) is 2. The SMILES string of the molecule is COc1ccc(/C=C/C(=O)Nc2nnc(SCC(=O)NC3CCCCC3)s2)cc1OC. The van der Waals surface area contributed by atoms with E-state index < -0.39 is 0 Å². The second kappa shape index (κ2) is 11.7. The fraction of sp³-hybridized carbons (Fsp3) is 0.429. The number of hydrogen-bond donors (Lipinski definition) is 2. The molecule has 1 fully saturated rings. The molecule has 1 aromatic carbocycles. The van der Waals surface area contributed by atoms with Crippen LogP contribution < -0.4 is 20.1 Å². The van der Waals surface area contributed by atoms with E-state index in [-0.39, 0.29) is 17.6 Å². The first-order valence-corrected chi connectivity index (χ1v) is 11.8. The summed E-state index contributed by atoms with van der Waals surface area (Å²) in [6.07, 6.45) is 8.81. The highest BCUT2D eigenvalue weighted by atomic mass is 32.2. The van der Waals surface area contributed by atoms with E-state index in [9.17, 15) is 9.59 Å². The zero-order chi connectivity index (χ0) is 22.1. The molecule has 3 rings (SSSR count). The molecule has 0 unspecified atom stereocenters. The molecule has 31 heavy (non-hydrogen) atoms. The predicted molar refractivity (Wildman–Crippen MR) is 123 cm³/mol. The third-order valence-corrected chi connectivity index (χ3v) is 6.74. The number of thioether (sulfide) groups is 1. The van der Waals surface area contributed by atoms with Gasteiger partial charge in [-0.25, -0.2) is 0 Å². The molecule has 1 aliphatic carbocycles. The van der Waals surface area contributed by atoms with E-state index >= 15 is 0 Å². The zero-order valence-corrected chi connectivity index (χ0v) is 19.2. The van der Waals surface area contributed by atoms with Gasteiger partial charge in [0.2, 0.25) is 16.9 Å². The Kier molecular flexibility index (Phi) is 8.72. The van der Waals surface area contributed by atoms with Gasteiger partial charge in [0, 0.05) is 12.1 Å². The Bertz CT molecular complexity index is 926. The second-order valence-electron chi connectivity index (χ2n) is 7.00. The lowest BCUT2D eigenvalue weighted by atomic mass is 9.95. The highest BCUT2D eigenvalue weighted by Gasteiger charge is 2.16. The molecule has 2 N–H and O–H groups in total. The number of aromatic nitrogens is 2. The van der Waals surface area contributed by atoms with Crippen molar-refractivity contribution in [3.8, 4) is 11.5 Å². The van der Waals surface area contributed by atoms with Gasteiger partial charge in [-0.3, -0.25) is 14.9 Å². The molecule has 0 atom stereocenters. The van der Waals surface area contributed by atoms with Crippen molar-refractivity contribution in [2.45, 2.75) is 42.5 Å². The highest BCUT2D eigenvalue weighted by Crippen LogP contribution is 2.28. The quantitative estimate of drug-likeness (QED) is 0.332. The summed E-state index contributed by atoms with van der Waals surface area (Å²) in [5.41, 5.74) is 0.797. The first-order chi connectivity index (χ1) is 15.1. The van der Waals surface area contributed by atoms with Crippen LogP contribution in [0.4, 0.5) is 5.13 Å². The van der Waals surface area contributed by atoms with E-state index in [1.165, 1.54) is 48.4 Å². The third kappa shape index (κ3) is 7.25. The predicted octanol–water partition coefficient (Wildman–Crippen LogP) is 3.75. The van der Waals surface area contributed by atoms with Crippen molar-refractivity contribution in [3.05, 3.63) is 29.8 Å². The number of amides is 2. The van der Waals surface area contributed by atoms with Crippen LogP contribution >= 0.6 is 23.1 Å². The normalized spacial score (nSPS) is 14.4. The van der Waals surface area contributed by atoms with Gasteiger partial charge in [0.1, 0.15) is 0 Å². The van der Waals surface area contributed by atoms with Crippen LogP contribution in [0.1, 0.15) is 37.7 Å². The number of ether oxygens (including phenoxy) is 2. The summed E-state index contributed by atoms with van der Waals surface area (Å²) in [5, 5.41) is 14.1. The van der Waals surface area contributed by atoms with Crippen LogP contribution in [0.15, 0.2) is 28.6 Å². The Morgan fingerprint density at radius 3 is 2.68 bits per heavy atom. The molecular formula is C21H26N4O4S2. The van der Waals surface area contributed by atoms with Gasteiger partial charge >= 0.3 is 0 Å². The third-order valence-electron chi connectivity index (χ3n) is 4.77. The van der Waals surface area contributed by atoms with Crippen LogP contribution in [0.5, 0.6) is 11.5 Å². The van der Waals surface area contributed by atoms with Crippen LogP contribution in [-0.4, -0.2) is 48.0 Å². The van der Waals surface area contributed by atoms with Crippen molar-refractivity contribution >= 4 is 46.1 Å². The van der Waals surface area contributed by atoms with Gasteiger partial charge in [0.15, 0.2) is 15.8 Å². The molecule has 0 bridgehead atoms. The minimum Gasteiger partial charge on any atom is -0.493 e. The summed E-state index contributed by atoms with van der Waals surface area (Å²) in [4.78, 5) is 24.3. The van der Waals surface area contributed by atoms with Gasteiger partial charge in [0.05, 0.1) is 20.0 Å². The molecule has 0 radical (unpaired) electrons. The average molecular weight is 463 g/mol. The van der Waals surface area contributed by atoms with E-state index in [1.807, 2.05) is 6.07 Å². The first kappa shape index (κ1) is 23.1. The molecule has 1 aliphatic rings. The van der Waals surface area contributed by atoms with Crippen molar-refractivity contribution < 1.29 is 19.1 Å². The number of carbonyl (C=O) groups excluding carboxylic acids is 2.